The number of nitrogens with zero attached hydrogens (tertiary/aromatic N) is 1. The van der Waals surface area contributed by atoms with Crippen molar-refractivity contribution in [3.63, 3.8) is 0 Å². The number of nitro groups is 1. The fourth-order valence-electron chi connectivity index (χ4n) is 1.20. The maximum atomic E-state index is 13.5. The first-order chi connectivity index (χ1) is 8.77. The average molecular weight is 330 g/mol. The third kappa shape index (κ3) is 4.22. The van der Waals surface area contributed by atoms with Crippen LogP contribution in [0.5, 0.6) is 5.75 Å². The van der Waals surface area contributed by atoms with Crippen LogP contribution in [0.2, 0.25) is 0 Å². The lowest BCUT2D eigenvalue weighted by molar-refractivity contribution is -0.386. The van der Waals surface area contributed by atoms with Gasteiger partial charge < -0.3 is 4.74 Å². The largest absolute Gasteiger partial charge is 0.486 e. The molecule has 0 saturated carbocycles. The first kappa shape index (κ1) is 16.0. The zero-order valence-corrected chi connectivity index (χ0v) is 12.0. The molecule has 0 aliphatic rings. The second-order valence-corrected chi connectivity index (χ2v) is 6.81. The van der Waals surface area contributed by atoms with Gasteiger partial charge in [0.15, 0.2) is 5.75 Å². The minimum absolute atomic E-state index is 0.133. The van der Waals surface area contributed by atoms with E-state index in [1.54, 1.807) is 0 Å². The van der Waals surface area contributed by atoms with Crippen molar-refractivity contribution in [2.24, 2.45) is 0 Å². The molecule has 19 heavy (non-hydrogen) atoms. The van der Waals surface area contributed by atoms with Crippen LogP contribution in [0.3, 0.4) is 0 Å². The Labute approximate surface area is 117 Å². The van der Waals surface area contributed by atoms with Crippen molar-refractivity contribution in [1.82, 2.24) is 0 Å². The van der Waals surface area contributed by atoms with Crippen LogP contribution in [0, 0.1) is 15.9 Å². The van der Waals surface area contributed by atoms with Crippen LogP contribution in [0.15, 0.2) is 17.0 Å². The van der Waals surface area contributed by atoms with Crippen LogP contribution >= 0.6 is 22.4 Å². The van der Waals surface area contributed by atoms with Crippen LogP contribution in [-0.4, -0.2) is 32.0 Å². The minimum Gasteiger partial charge on any atom is -0.486 e. The summed E-state index contributed by atoms with van der Waals surface area (Å²) in [6.07, 6.45) is 1.81. The van der Waals surface area contributed by atoms with Gasteiger partial charge in [-0.3, -0.25) is 10.1 Å². The lowest BCUT2D eigenvalue weighted by atomic mass is 10.3. The average Bonchev–Trinajstić information content (AvgIpc) is 2.27. The van der Waals surface area contributed by atoms with Gasteiger partial charge in [-0.05, 0) is 6.26 Å². The molecular formula is C9H9ClFNO5S2. The summed E-state index contributed by atoms with van der Waals surface area (Å²) in [6.45, 7) is 0.133. The summed E-state index contributed by atoms with van der Waals surface area (Å²) in [7, 11) is 0.587. The summed E-state index contributed by atoms with van der Waals surface area (Å²) in [5.41, 5.74) is -0.651. The molecule has 10 heteroatoms. The first-order valence-corrected chi connectivity index (χ1v) is 8.52. The monoisotopic (exact) mass is 329 g/mol. The molecule has 0 saturated heterocycles. The summed E-state index contributed by atoms with van der Waals surface area (Å²) in [6, 6.07) is 1.19. The molecule has 0 N–H and O–H groups in total. The third-order valence-electron chi connectivity index (χ3n) is 2.02. The van der Waals surface area contributed by atoms with Gasteiger partial charge in [-0.15, -0.1) is 0 Å². The molecule has 0 heterocycles. The number of rotatable bonds is 6. The highest BCUT2D eigenvalue weighted by Gasteiger charge is 2.25. The van der Waals surface area contributed by atoms with Crippen molar-refractivity contribution in [1.29, 1.82) is 0 Å². The van der Waals surface area contributed by atoms with Gasteiger partial charge in [0.25, 0.3) is 9.05 Å². The molecule has 0 unspecified atom stereocenters. The van der Waals surface area contributed by atoms with Crippen molar-refractivity contribution in [2.75, 3.05) is 18.6 Å². The number of thioether (sulfide) groups is 1. The van der Waals surface area contributed by atoms with Crippen molar-refractivity contribution in [3.8, 4) is 5.75 Å². The Balaban J connectivity index is 3.26. The normalized spacial score (nSPS) is 11.3. The fourth-order valence-corrected chi connectivity index (χ4v) is 2.35. The first-order valence-electron chi connectivity index (χ1n) is 4.81. The van der Waals surface area contributed by atoms with Crippen LogP contribution in [-0.2, 0) is 9.05 Å². The highest BCUT2D eigenvalue weighted by Crippen LogP contribution is 2.33. The van der Waals surface area contributed by atoms with E-state index in [0.29, 0.717) is 17.9 Å². The summed E-state index contributed by atoms with van der Waals surface area (Å²) in [4.78, 5) is 9.00. The molecule has 0 atom stereocenters. The molecule has 0 radical (unpaired) electrons. The van der Waals surface area contributed by atoms with Gasteiger partial charge in [0.05, 0.1) is 11.5 Å². The van der Waals surface area contributed by atoms with Gasteiger partial charge in [-0.1, -0.05) is 0 Å². The standard InChI is InChI=1S/C9H9ClFNO5S2/c1-18-3-2-17-8-4-6(11)9(19(10,15)16)5-7(8)12(13)14/h4-5H,2-3H2,1H3. The molecule has 0 aliphatic carbocycles. The molecule has 6 nitrogen and oxygen atoms in total. The number of ether oxygens (including phenoxy) is 1. The Hall–Kier alpha value is -1.06. The van der Waals surface area contributed by atoms with Crippen LogP contribution in [0.1, 0.15) is 0 Å². The quantitative estimate of drug-likeness (QED) is 0.345. The summed E-state index contributed by atoms with van der Waals surface area (Å²) >= 11 is 1.44. The third-order valence-corrected chi connectivity index (χ3v) is 3.93. The zero-order valence-electron chi connectivity index (χ0n) is 9.63. The van der Waals surface area contributed by atoms with Gasteiger partial charge >= 0.3 is 5.69 Å². The van der Waals surface area contributed by atoms with E-state index in [1.807, 2.05) is 6.26 Å². The zero-order chi connectivity index (χ0) is 14.6. The SMILES string of the molecule is CSCCOc1cc(F)c(S(=O)(=O)Cl)cc1[N+](=O)[O-]. The summed E-state index contributed by atoms with van der Waals surface area (Å²) in [5.74, 6) is -0.978. The van der Waals surface area contributed by atoms with Crippen molar-refractivity contribution in [2.45, 2.75) is 4.90 Å². The number of hydrogen-bond acceptors (Lipinski definition) is 6. The second kappa shape index (κ2) is 6.40. The second-order valence-electron chi connectivity index (χ2n) is 3.29. The highest BCUT2D eigenvalue weighted by atomic mass is 35.7. The summed E-state index contributed by atoms with van der Waals surface area (Å²) < 4.78 is 40.7. The van der Waals surface area contributed by atoms with E-state index >= 15 is 0 Å². The Morgan fingerprint density at radius 3 is 2.63 bits per heavy atom. The predicted octanol–water partition coefficient (Wildman–Crippen LogP) is 2.40. The minimum atomic E-state index is -4.40. The van der Waals surface area contributed by atoms with E-state index in [-0.39, 0.29) is 12.4 Å². The van der Waals surface area contributed by atoms with E-state index in [2.05, 4.69) is 0 Å². The van der Waals surface area contributed by atoms with E-state index in [0.717, 1.165) is 0 Å². The molecule has 106 valence electrons. The summed E-state index contributed by atoms with van der Waals surface area (Å²) in [5, 5.41) is 10.8. The lowest BCUT2D eigenvalue weighted by Gasteiger charge is -2.07. The Kier molecular flexibility index (Phi) is 5.39. The molecule has 0 amide bonds. The van der Waals surface area contributed by atoms with Crippen LogP contribution in [0.25, 0.3) is 0 Å². The van der Waals surface area contributed by atoms with Gasteiger partial charge in [-0.2, -0.15) is 11.8 Å². The Bertz CT molecular complexity index is 593. The predicted molar refractivity (Wildman–Crippen MR) is 70.0 cm³/mol. The van der Waals surface area contributed by atoms with E-state index in [9.17, 15) is 22.9 Å². The molecular weight excluding hydrogens is 321 g/mol. The number of benzene rings is 1. The van der Waals surface area contributed by atoms with Gasteiger partial charge in [0, 0.05) is 28.6 Å². The van der Waals surface area contributed by atoms with Crippen molar-refractivity contribution in [3.05, 3.63) is 28.1 Å². The van der Waals surface area contributed by atoms with E-state index < -0.39 is 30.4 Å². The van der Waals surface area contributed by atoms with Gasteiger partial charge in [0.1, 0.15) is 10.7 Å². The molecule has 0 bridgehead atoms. The Morgan fingerprint density at radius 2 is 2.16 bits per heavy atom. The fraction of sp³-hybridized carbons (Fsp3) is 0.333. The molecule has 0 aliphatic heterocycles. The van der Waals surface area contributed by atoms with E-state index in [4.69, 9.17) is 15.4 Å². The van der Waals surface area contributed by atoms with Crippen LogP contribution in [0.4, 0.5) is 10.1 Å². The van der Waals surface area contributed by atoms with Crippen molar-refractivity contribution >= 4 is 37.2 Å². The number of halogens is 2. The topological polar surface area (TPSA) is 86.5 Å². The van der Waals surface area contributed by atoms with Gasteiger partial charge in [-0.25, -0.2) is 12.8 Å². The number of hydrogen-bond donors (Lipinski definition) is 0. The number of nitro benzene ring substituents is 1. The molecule has 0 spiro atoms. The smallest absolute Gasteiger partial charge is 0.312 e. The Morgan fingerprint density at radius 1 is 1.53 bits per heavy atom. The molecule has 0 fully saturated rings. The maximum Gasteiger partial charge on any atom is 0.312 e. The lowest BCUT2D eigenvalue weighted by Crippen LogP contribution is -2.05. The van der Waals surface area contributed by atoms with Crippen molar-refractivity contribution < 1.29 is 22.5 Å². The molecule has 1 aromatic rings. The van der Waals surface area contributed by atoms with E-state index in [1.165, 1.54) is 11.8 Å². The highest BCUT2D eigenvalue weighted by molar-refractivity contribution is 8.13. The van der Waals surface area contributed by atoms with Crippen LogP contribution < -0.4 is 4.74 Å². The molecule has 1 aromatic carbocycles. The maximum absolute atomic E-state index is 13.5. The van der Waals surface area contributed by atoms with Gasteiger partial charge in [0.2, 0.25) is 0 Å². The molecule has 1 rings (SSSR count). The molecule has 0 aromatic heterocycles.